The maximum absolute atomic E-state index is 13.5. The molecule has 1 aromatic rings. The fraction of sp³-hybridized carbons (Fsp3) is 0.538. The number of carbonyl (C=O) groups is 2. The summed E-state index contributed by atoms with van der Waals surface area (Å²) < 4.78 is 0. The smallest absolute Gasteiger partial charge is 0.323 e. The lowest BCUT2D eigenvalue weighted by atomic mass is 9.74. The predicted molar refractivity (Wildman–Crippen MR) is 124 cm³/mol. The molecule has 1 aromatic carbocycles. The monoisotopic (exact) mass is 421 g/mol. The van der Waals surface area contributed by atoms with Gasteiger partial charge in [0.05, 0.1) is 6.54 Å². The van der Waals surface area contributed by atoms with Gasteiger partial charge in [0.25, 0.3) is 5.91 Å². The molecule has 0 aliphatic carbocycles. The topological polar surface area (TPSA) is 52.7 Å². The first kappa shape index (κ1) is 23.1. The van der Waals surface area contributed by atoms with Crippen LogP contribution in [0, 0.1) is 23.7 Å². The quantitative estimate of drug-likeness (QED) is 0.394. The van der Waals surface area contributed by atoms with Crippen LogP contribution in [0.15, 0.2) is 42.5 Å². The second-order valence-corrected chi connectivity index (χ2v) is 8.95. The van der Waals surface area contributed by atoms with Gasteiger partial charge in [0, 0.05) is 6.54 Å². The Bertz CT molecular complexity index is 844. The van der Waals surface area contributed by atoms with Crippen molar-refractivity contribution in [2.45, 2.75) is 52.0 Å². The van der Waals surface area contributed by atoms with Crippen molar-refractivity contribution < 1.29 is 9.59 Å². The van der Waals surface area contributed by atoms with E-state index in [0.717, 1.165) is 38.9 Å². The van der Waals surface area contributed by atoms with Gasteiger partial charge in [-0.15, -0.1) is 5.92 Å². The van der Waals surface area contributed by atoms with Crippen molar-refractivity contribution in [1.29, 1.82) is 0 Å². The van der Waals surface area contributed by atoms with E-state index < -0.39 is 5.54 Å². The fourth-order valence-electron chi connectivity index (χ4n) is 4.67. The lowest BCUT2D eigenvalue weighted by Gasteiger charge is -2.40. The molecular weight excluding hydrogens is 386 g/mol. The Hall–Kier alpha value is -2.58. The number of nitrogens with one attached hydrogen (secondary N) is 1. The third-order valence-electron chi connectivity index (χ3n) is 6.44. The zero-order valence-electron chi connectivity index (χ0n) is 19.1. The highest BCUT2D eigenvalue weighted by Gasteiger charge is 2.55. The van der Waals surface area contributed by atoms with Gasteiger partial charge in [-0.2, -0.15) is 0 Å². The largest absolute Gasteiger partial charge is 0.325 e. The zero-order chi connectivity index (χ0) is 22.3. The van der Waals surface area contributed by atoms with Crippen LogP contribution >= 0.6 is 0 Å². The first-order valence-corrected chi connectivity index (χ1v) is 11.4. The van der Waals surface area contributed by atoms with Crippen LogP contribution in [0.1, 0.15) is 45.6 Å². The van der Waals surface area contributed by atoms with Crippen molar-refractivity contribution in [3.05, 3.63) is 48.0 Å². The molecule has 1 atom stereocenters. The Labute approximate surface area is 186 Å². The standard InChI is InChI=1S/C26H35N3O2/c1-4-5-18-29-24(30)26(27-25(29)31,16-13-22-11-7-6-8-12-22)23-14-19-28(20-15-23)17-9-10-21(2)3/h6-12,21,23H,13-20H2,1-3H3,(H,27,31). The fourth-order valence-corrected chi connectivity index (χ4v) is 4.67. The average molecular weight is 422 g/mol. The number of piperidine rings is 1. The van der Waals surface area contributed by atoms with E-state index in [4.69, 9.17) is 0 Å². The summed E-state index contributed by atoms with van der Waals surface area (Å²) >= 11 is 0. The van der Waals surface area contributed by atoms with Gasteiger partial charge in [-0.25, -0.2) is 4.79 Å². The third-order valence-corrected chi connectivity index (χ3v) is 6.44. The minimum atomic E-state index is -0.831. The van der Waals surface area contributed by atoms with E-state index in [2.05, 4.69) is 60.2 Å². The van der Waals surface area contributed by atoms with Gasteiger partial charge in [-0.1, -0.05) is 62.3 Å². The van der Waals surface area contributed by atoms with Crippen molar-refractivity contribution in [2.75, 3.05) is 26.2 Å². The van der Waals surface area contributed by atoms with Gasteiger partial charge in [0.15, 0.2) is 0 Å². The normalized spacial score (nSPS) is 22.8. The van der Waals surface area contributed by atoms with Crippen LogP contribution in [0.2, 0.25) is 0 Å². The average Bonchev–Trinajstić information content (AvgIpc) is 3.02. The molecule has 0 radical (unpaired) electrons. The highest BCUT2D eigenvalue weighted by molar-refractivity contribution is 6.07. The number of benzene rings is 1. The minimum Gasteiger partial charge on any atom is -0.323 e. The molecule has 2 fully saturated rings. The number of likely N-dealkylation sites (tertiary alicyclic amines) is 1. The van der Waals surface area contributed by atoms with Crippen molar-refractivity contribution in [1.82, 2.24) is 15.1 Å². The van der Waals surface area contributed by atoms with Gasteiger partial charge >= 0.3 is 6.03 Å². The van der Waals surface area contributed by atoms with E-state index in [1.807, 2.05) is 18.2 Å². The van der Waals surface area contributed by atoms with Crippen LogP contribution in [0.4, 0.5) is 4.79 Å². The Kier molecular flexibility index (Phi) is 7.92. The van der Waals surface area contributed by atoms with Crippen molar-refractivity contribution in [2.24, 2.45) is 11.8 Å². The summed E-state index contributed by atoms with van der Waals surface area (Å²) in [5.41, 5.74) is 0.356. The summed E-state index contributed by atoms with van der Waals surface area (Å²) in [5, 5.41) is 3.13. The highest BCUT2D eigenvalue weighted by Crippen LogP contribution is 2.37. The first-order valence-electron chi connectivity index (χ1n) is 11.4. The number of rotatable bonds is 8. The maximum atomic E-state index is 13.5. The Balaban J connectivity index is 1.74. The zero-order valence-corrected chi connectivity index (χ0v) is 19.1. The summed E-state index contributed by atoms with van der Waals surface area (Å²) in [6.45, 7) is 9.08. The molecule has 166 valence electrons. The molecule has 5 heteroatoms. The molecular formula is C26H35N3O2. The lowest BCUT2D eigenvalue weighted by molar-refractivity contribution is -0.133. The number of hydrogen-bond donors (Lipinski definition) is 1. The maximum Gasteiger partial charge on any atom is 0.325 e. The molecule has 5 nitrogen and oxygen atoms in total. The molecule has 1 N–H and O–H groups in total. The second kappa shape index (κ2) is 10.6. The number of carbonyl (C=O) groups excluding carboxylic acids is 2. The summed E-state index contributed by atoms with van der Waals surface area (Å²) in [5.74, 6) is 6.27. The molecule has 3 amide bonds. The number of amides is 3. The minimum absolute atomic E-state index is 0.102. The summed E-state index contributed by atoms with van der Waals surface area (Å²) in [7, 11) is 0. The molecule has 31 heavy (non-hydrogen) atoms. The van der Waals surface area contributed by atoms with Crippen molar-refractivity contribution in [3.63, 3.8) is 0 Å². The number of imide groups is 1. The van der Waals surface area contributed by atoms with Gasteiger partial charge in [0.2, 0.25) is 0 Å². The highest BCUT2D eigenvalue weighted by atomic mass is 16.2. The van der Waals surface area contributed by atoms with E-state index in [1.165, 1.54) is 10.5 Å². The van der Waals surface area contributed by atoms with Crippen LogP contribution in [0.25, 0.3) is 0 Å². The van der Waals surface area contributed by atoms with E-state index in [0.29, 0.717) is 12.3 Å². The third kappa shape index (κ3) is 5.57. The molecule has 2 saturated heterocycles. The van der Waals surface area contributed by atoms with Crippen molar-refractivity contribution >= 4 is 11.9 Å². The van der Waals surface area contributed by atoms with Gasteiger partial charge in [-0.3, -0.25) is 14.6 Å². The molecule has 0 aromatic heterocycles. The molecule has 0 spiro atoms. The van der Waals surface area contributed by atoms with Crippen molar-refractivity contribution in [3.8, 4) is 11.8 Å². The molecule has 2 aliphatic rings. The number of aryl methyl sites for hydroxylation is 1. The molecule has 0 saturated carbocycles. The van der Waals surface area contributed by atoms with E-state index in [9.17, 15) is 9.59 Å². The van der Waals surface area contributed by atoms with Gasteiger partial charge in [0.1, 0.15) is 5.54 Å². The predicted octanol–water partition coefficient (Wildman–Crippen LogP) is 3.86. The molecule has 3 rings (SSSR count). The molecule has 2 heterocycles. The van der Waals surface area contributed by atoms with E-state index in [1.54, 1.807) is 6.92 Å². The van der Waals surface area contributed by atoms with Crippen LogP contribution in [-0.2, 0) is 11.2 Å². The SMILES string of the molecule is CC#CCN1C(=O)NC(CCc2ccccc2)(C2CCN(CC=CC(C)C)CC2)C1=O. The molecule has 0 bridgehead atoms. The Morgan fingerprint density at radius 1 is 1.19 bits per heavy atom. The number of urea groups is 1. The second-order valence-electron chi connectivity index (χ2n) is 8.95. The first-order chi connectivity index (χ1) is 15.0. The molecule has 2 aliphatic heterocycles. The van der Waals surface area contributed by atoms with E-state index >= 15 is 0 Å². The Morgan fingerprint density at radius 2 is 1.90 bits per heavy atom. The lowest BCUT2D eigenvalue weighted by Crippen LogP contribution is -2.56. The van der Waals surface area contributed by atoms with Gasteiger partial charge < -0.3 is 5.32 Å². The number of hydrogen-bond acceptors (Lipinski definition) is 3. The Morgan fingerprint density at radius 3 is 2.55 bits per heavy atom. The van der Waals surface area contributed by atoms with Crippen LogP contribution < -0.4 is 5.32 Å². The number of nitrogens with zero attached hydrogens (tertiary/aromatic N) is 2. The van der Waals surface area contributed by atoms with E-state index in [-0.39, 0.29) is 24.4 Å². The van der Waals surface area contributed by atoms with Crippen LogP contribution in [-0.4, -0.2) is 53.5 Å². The van der Waals surface area contributed by atoms with Crippen LogP contribution in [0.5, 0.6) is 0 Å². The summed E-state index contributed by atoms with van der Waals surface area (Å²) in [6.07, 6.45) is 7.67. The summed E-state index contributed by atoms with van der Waals surface area (Å²) in [6, 6.07) is 9.89. The summed E-state index contributed by atoms with van der Waals surface area (Å²) in [4.78, 5) is 30.0. The molecule has 1 unspecified atom stereocenters. The van der Waals surface area contributed by atoms with Crippen LogP contribution in [0.3, 0.4) is 0 Å². The van der Waals surface area contributed by atoms with Gasteiger partial charge in [-0.05, 0) is 63.1 Å². The number of allylic oxidation sites excluding steroid dienone is 1.